The van der Waals surface area contributed by atoms with E-state index in [1.54, 1.807) is 31.4 Å². The number of rotatable bonds is 11. The zero-order valence-electron chi connectivity index (χ0n) is 20.7. The van der Waals surface area contributed by atoms with Crippen LogP contribution in [0.4, 0.5) is 0 Å². The first-order chi connectivity index (χ1) is 16.0. The number of hydrogen-bond donors (Lipinski definition) is 1. The molecule has 9 heteroatoms. The third-order valence-electron chi connectivity index (χ3n) is 5.42. The fraction of sp³-hybridized carbons (Fsp3) is 0.440. The molecule has 0 aliphatic carbocycles. The van der Waals surface area contributed by atoms with Crippen molar-refractivity contribution < 1.29 is 22.7 Å². The van der Waals surface area contributed by atoms with Crippen LogP contribution in [0.1, 0.15) is 38.3 Å². The smallest absolute Gasteiger partial charge is 0.243 e. The molecule has 0 unspecified atom stereocenters. The molecule has 2 amide bonds. The maximum atomic E-state index is 13.4. The number of benzene rings is 2. The summed E-state index contributed by atoms with van der Waals surface area (Å²) in [4.78, 5) is 27.9. The van der Waals surface area contributed by atoms with Gasteiger partial charge in [0.2, 0.25) is 21.8 Å². The predicted octanol–water partition coefficient (Wildman–Crippen LogP) is 2.96. The van der Waals surface area contributed by atoms with E-state index < -0.39 is 28.5 Å². The van der Waals surface area contributed by atoms with Crippen LogP contribution < -0.4 is 10.1 Å². The number of likely N-dealkylation sites (N-methyl/N-ethyl adjacent to an activating group) is 1. The molecule has 1 atom stereocenters. The highest BCUT2D eigenvalue weighted by molar-refractivity contribution is 7.89. The summed E-state index contributed by atoms with van der Waals surface area (Å²) >= 11 is 0. The number of nitrogens with zero attached hydrogens (tertiary/aromatic N) is 2. The zero-order valence-corrected chi connectivity index (χ0v) is 21.6. The minimum Gasteiger partial charge on any atom is -0.497 e. The Balaban J connectivity index is 2.32. The van der Waals surface area contributed by atoms with Gasteiger partial charge in [-0.25, -0.2) is 8.42 Å². The number of carbonyl (C=O) groups excluding carboxylic acids is 2. The Morgan fingerprint density at radius 1 is 1.03 bits per heavy atom. The summed E-state index contributed by atoms with van der Waals surface area (Å²) in [6, 6.07) is 12.8. The van der Waals surface area contributed by atoms with Crippen LogP contribution in [0.2, 0.25) is 0 Å². The van der Waals surface area contributed by atoms with Crippen LogP contribution in [0.3, 0.4) is 0 Å². The summed E-state index contributed by atoms with van der Waals surface area (Å²) in [6.07, 6.45) is 0.384. The van der Waals surface area contributed by atoms with Gasteiger partial charge < -0.3 is 15.0 Å². The Labute approximate surface area is 202 Å². The second kappa shape index (κ2) is 12.0. The van der Waals surface area contributed by atoms with Crippen molar-refractivity contribution in [2.45, 2.75) is 57.6 Å². The molecule has 0 aliphatic heterocycles. The summed E-state index contributed by atoms with van der Waals surface area (Å²) in [5.74, 6) is -0.0571. The molecule has 8 nitrogen and oxygen atoms in total. The van der Waals surface area contributed by atoms with Crippen LogP contribution in [0.25, 0.3) is 0 Å². The Morgan fingerprint density at radius 3 is 2.12 bits per heavy atom. The molecule has 0 radical (unpaired) electrons. The lowest BCUT2D eigenvalue weighted by Crippen LogP contribution is -2.52. The Bertz CT molecular complexity index is 1070. The van der Waals surface area contributed by atoms with Gasteiger partial charge >= 0.3 is 0 Å². The largest absolute Gasteiger partial charge is 0.497 e. The molecule has 186 valence electrons. The molecule has 0 spiro atoms. The standard InChI is InChI=1S/C25H35N3O5S/c1-7-23(25(30)26-18(2)3)28(16-20-10-12-21(33-6)13-11-20)24(29)17-27(5)34(31,32)22-14-8-19(4)9-15-22/h8-15,18,23H,7,16-17H2,1-6H3,(H,26,30)/t23-/m0/s1. The van der Waals surface area contributed by atoms with Gasteiger partial charge in [-0.3, -0.25) is 9.59 Å². The van der Waals surface area contributed by atoms with Gasteiger partial charge in [-0.1, -0.05) is 36.8 Å². The lowest BCUT2D eigenvalue weighted by atomic mass is 10.1. The second-order valence-electron chi connectivity index (χ2n) is 8.53. The highest BCUT2D eigenvalue weighted by atomic mass is 32.2. The molecule has 0 saturated carbocycles. The van der Waals surface area contributed by atoms with Gasteiger partial charge in [0.1, 0.15) is 11.8 Å². The van der Waals surface area contributed by atoms with Crippen LogP contribution in [-0.2, 0) is 26.2 Å². The first-order valence-corrected chi connectivity index (χ1v) is 12.7. The molecular formula is C25H35N3O5S. The Kier molecular flexibility index (Phi) is 9.64. The fourth-order valence-electron chi connectivity index (χ4n) is 3.48. The summed E-state index contributed by atoms with van der Waals surface area (Å²) in [7, 11) is -0.932. The van der Waals surface area contributed by atoms with Gasteiger partial charge in [-0.15, -0.1) is 0 Å². The van der Waals surface area contributed by atoms with Gasteiger partial charge in [0.15, 0.2) is 0 Å². The molecule has 0 heterocycles. The number of aryl methyl sites for hydroxylation is 1. The number of amides is 2. The van der Waals surface area contributed by atoms with E-state index >= 15 is 0 Å². The van der Waals surface area contributed by atoms with Crippen molar-refractivity contribution >= 4 is 21.8 Å². The van der Waals surface area contributed by atoms with E-state index in [-0.39, 0.29) is 23.4 Å². The molecule has 34 heavy (non-hydrogen) atoms. The van der Waals surface area contributed by atoms with Crippen LogP contribution in [0, 0.1) is 6.92 Å². The highest BCUT2D eigenvalue weighted by Crippen LogP contribution is 2.19. The topological polar surface area (TPSA) is 96.0 Å². The van der Waals surface area contributed by atoms with Crippen molar-refractivity contribution in [1.29, 1.82) is 0 Å². The predicted molar refractivity (Wildman–Crippen MR) is 132 cm³/mol. The van der Waals surface area contributed by atoms with Gasteiger partial charge in [-0.2, -0.15) is 4.31 Å². The van der Waals surface area contributed by atoms with Crippen LogP contribution in [0.5, 0.6) is 5.75 Å². The molecule has 0 bridgehead atoms. The molecule has 0 aromatic heterocycles. The molecule has 0 fully saturated rings. The average Bonchev–Trinajstić information content (AvgIpc) is 2.79. The first kappa shape index (κ1) is 27.3. The quantitative estimate of drug-likeness (QED) is 0.524. The van der Waals surface area contributed by atoms with E-state index in [0.717, 1.165) is 15.4 Å². The number of sulfonamides is 1. The normalized spacial score (nSPS) is 12.5. The number of nitrogens with one attached hydrogen (secondary N) is 1. The van der Waals surface area contributed by atoms with E-state index in [2.05, 4.69) is 5.32 Å². The van der Waals surface area contributed by atoms with Crippen LogP contribution in [-0.4, -0.2) is 62.2 Å². The van der Waals surface area contributed by atoms with Crippen molar-refractivity contribution in [3.63, 3.8) is 0 Å². The third-order valence-corrected chi connectivity index (χ3v) is 7.23. The molecule has 2 rings (SSSR count). The van der Waals surface area contributed by atoms with E-state index in [0.29, 0.717) is 12.2 Å². The summed E-state index contributed by atoms with van der Waals surface area (Å²) < 4.78 is 32.2. The number of hydrogen-bond acceptors (Lipinski definition) is 5. The number of carbonyl (C=O) groups is 2. The number of ether oxygens (including phenoxy) is 1. The number of methoxy groups -OCH3 is 1. The maximum absolute atomic E-state index is 13.4. The van der Waals surface area contributed by atoms with E-state index in [1.165, 1.54) is 24.1 Å². The lowest BCUT2D eigenvalue weighted by Gasteiger charge is -2.32. The molecular weight excluding hydrogens is 454 g/mol. The van der Waals surface area contributed by atoms with E-state index in [1.807, 2.05) is 39.8 Å². The highest BCUT2D eigenvalue weighted by Gasteiger charge is 2.32. The van der Waals surface area contributed by atoms with Crippen LogP contribution in [0.15, 0.2) is 53.4 Å². The lowest BCUT2D eigenvalue weighted by molar-refractivity contribution is -0.141. The summed E-state index contributed by atoms with van der Waals surface area (Å²) in [6.45, 7) is 7.16. The minimum atomic E-state index is -3.87. The van der Waals surface area contributed by atoms with E-state index in [4.69, 9.17) is 4.74 Å². The van der Waals surface area contributed by atoms with Gasteiger partial charge in [-0.05, 0) is 57.0 Å². The third kappa shape index (κ3) is 7.04. The summed E-state index contributed by atoms with van der Waals surface area (Å²) in [5.41, 5.74) is 1.74. The molecule has 0 saturated heterocycles. The molecule has 1 N–H and O–H groups in total. The zero-order chi connectivity index (χ0) is 25.5. The fourth-order valence-corrected chi connectivity index (χ4v) is 4.60. The van der Waals surface area contributed by atoms with Gasteiger partial charge in [0, 0.05) is 19.6 Å². The minimum absolute atomic E-state index is 0.0934. The monoisotopic (exact) mass is 489 g/mol. The van der Waals surface area contributed by atoms with Crippen molar-refractivity contribution in [1.82, 2.24) is 14.5 Å². The van der Waals surface area contributed by atoms with Crippen LogP contribution >= 0.6 is 0 Å². The van der Waals surface area contributed by atoms with Gasteiger partial charge in [0.05, 0.1) is 18.6 Å². The second-order valence-corrected chi connectivity index (χ2v) is 10.6. The van der Waals surface area contributed by atoms with Crippen molar-refractivity contribution in [3.8, 4) is 5.75 Å². The first-order valence-electron chi connectivity index (χ1n) is 11.2. The maximum Gasteiger partial charge on any atom is 0.243 e. The molecule has 0 aliphatic rings. The van der Waals surface area contributed by atoms with Crippen molar-refractivity contribution in [2.24, 2.45) is 0 Å². The van der Waals surface area contributed by atoms with Crippen molar-refractivity contribution in [3.05, 3.63) is 59.7 Å². The molecule has 2 aromatic carbocycles. The van der Waals surface area contributed by atoms with Gasteiger partial charge in [0.25, 0.3) is 0 Å². The average molecular weight is 490 g/mol. The Morgan fingerprint density at radius 2 is 1.62 bits per heavy atom. The summed E-state index contributed by atoms with van der Waals surface area (Å²) in [5, 5.41) is 2.86. The SMILES string of the molecule is CC[C@@H](C(=O)NC(C)C)N(Cc1ccc(OC)cc1)C(=O)CN(C)S(=O)(=O)c1ccc(C)cc1. The van der Waals surface area contributed by atoms with E-state index in [9.17, 15) is 18.0 Å². The van der Waals surface area contributed by atoms with Crippen molar-refractivity contribution in [2.75, 3.05) is 20.7 Å². The molecule has 2 aromatic rings. The Hall–Kier alpha value is -2.91.